The molecule has 0 bridgehead atoms. The first kappa shape index (κ1) is 19.8. The van der Waals surface area contributed by atoms with Gasteiger partial charge in [0.15, 0.2) is 5.11 Å². The van der Waals surface area contributed by atoms with E-state index in [4.69, 9.17) is 28.6 Å². The van der Waals surface area contributed by atoms with Gasteiger partial charge in [0.25, 0.3) is 0 Å². The van der Waals surface area contributed by atoms with Gasteiger partial charge in [-0.15, -0.1) is 0 Å². The Morgan fingerprint density at radius 1 is 1.11 bits per heavy atom. The van der Waals surface area contributed by atoms with Crippen LogP contribution in [-0.4, -0.2) is 25.3 Å². The minimum Gasteiger partial charge on any atom is -0.495 e. The first-order valence-electron chi connectivity index (χ1n) is 9.33. The number of piperidine rings is 1. The Morgan fingerprint density at radius 2 is 1.81 bits per heavy atom. The molecule has 2 aromatic carbocycles. The number of methoxy groups -OCH3 is 1. The van der Waals surface area contributed by atoms with E-state index in [-0.39, 0.29) is 6.04 Å². The van der Waals surface area contributed by atoms with Crippen molar-refractivity contribution >= 4 is 40.3 Å². The summed E-state index contributed by atoms with van der Waals surface area (Å²) in [4.78, 5) is 2.46. The lowest BCUT2D eigenvalue weighted by Gasteiger charge is -2.29. The maximum absolute atomic E-state index is 6.16. The molecule has 0 aromatic heterocycles. The van der Waals surface area contributed by atoms with E-state index in [2.05, 4.69) is 46.7 Å². The van der Waals surface area contributed by atoms with Gasteiger partial charge in [0, 0.05) is 24.5 Å². The highest BCUT2D eigenvalue weighted by molar-refractivity contribution is 7.80. The van der Waals surface area contributed by atoms with E-state index in [1.807, 2.05) is 12.1 Å². The molecule has 0 saturated carbocycles. The molecule has 6 heteroatoms. The van der Waals surface area contributed by atoms with Crippen LogP contribution in [0.4, 0.5) is 11.4 Å². The molecule has 0 radical (unpaired) electrons. The van der Waals surface area contributed by atoms with Crippen LogP contribution in [0.2, 0.25) is 5.02 Å². The van der Waals surface area contributed by atoms with E-state index in [0.29, 0.717) is 15.9 Å². The first-order valence-corrected chi connectivity index (χ1v) is 10.1. The molecule has 4 nitrogen and oxygen atoms in total. The average molecular weight is 404 g/mol. The molecule has 1 fully saturated rings. The number of thiocarbonyl (C=S) groups is 1. The molecule has 2 N–H and O–H groups in total. The summed E-state index contributed by atoms with van der Waals surface area (Å²) in [5, 5.41) is 7.60. The van der Waals surface area contributed by atoms with E-state index in [9.17, 15) is 0 Å². The summed E-state index contributed by atoms with van der Waals surface area (Å²) in [5.74, 6) is 0.642. The van der Waals surface area contributed by atoms with Crippen molar-refractivity contribution in [2.45, 2.75) is 32.2 Å². The lowest BCUT2D eigenvalue weighted by Crippen LogP contribution is -2.31. The second-order valence-corrected chi connectivity index (χ2v) is 7.62. The number of ether oxygens (including phenoxy) is 1. The average Bonchev–Trinajstić information content (AvgIpc) is 2.69. The summed E-state index contributed by atoms with van der Waals surface area (Å²) in [6.45, 7) is 4.42. The SMILES string of the molecule is COc1ccc(NC(=S)N[C@H](C)c2ccc(N3CCCCC3)cc2)cc1Cl. The van der Waals surface area contributed by atoms with Gasteiger partial charge in [0.2, 0.25) is 0 Å². The number of anilines is 2. The third-order valence-electron chi connectivity index (χ3n) is 4.87. The van der Waals surface area contributed by atoms with Gasteiger partial charge in [-0.1, -0.05) is 23.7 Å². The quantitative estimate of drug-likeness (QED) is 0.655. The standard InChI is InChI=1S/C21H26ClN3OS/c1-15(16-6-9-18(10-7-16)25-12-4-3-5-13-25)23-21(27)24-17-8-11-20(26-2)19(22)14-17/h6-11,14-15H,3-5,12-13H2,1-2H3,(H2,23,24,27)/t15-/m1/s1. The number of nitrogens with one attached hydrogen (secondary N) is 2. The highest BCUT2D eigenvalue weighted by atomic mass is 35.5. The second-order valence-electron chi connectivity index (χ2n) is 6.81. The third kappa shape index (κ3) is 5.27. The Bertz CT molecular complexity index is 775. The van der Waals surface area contributed by atoms with Gasteiger partial charge >= 0.3 is 0 Å². The second kappa shape index (κ2) is 9.29. The van der Waals surface area contributed by atoms with Crippen molar-refractivity contribution in [2.24, 2.45) is 0 Å². The van der Waals surface area contributed by atoms with Crippen LogP contribution in [0.1, 0.15) is 37.8 Å². The fraction of sp³-hybridized carbons (Fsp3) is 0.381. The maximum atomic E-state index is 6.16. The Hall–Kier alpha value is -1.98. The summed E-state index contributed by atoms with van der Waals surface area (Å²) < 4.78 is 5.17. The van der Waals surface area contributed by atoms with Crippen molar-refractivity contribution in [1.82, 2.24) is 5.32 Å². The van der Waals surface area contributed by atoms with Crippen LogP contribution in [0, 0.1) is 0 Å². The Morgan fingerprint density at radius 3 is 2.44 bits per heavy atom. The number of rotatable bonds is 5. The highest BCUT2D eigenvalue weighted by Crippen LogP contribution is 2.27. The first-order chi connectivity index (χ1) is 13.1. The maximum Gasteiger partial charge on any atom is 0.171 e. The number of nitrogens with zero attached hydrogens (tertiary/aromatic N) is 1. The van der Waals surface area contributed by atoms with Gasteiger partial charge in [-0.05, 0) is 74.3 Å². The molecule has 1 heterocycles. The lowest BCUT2D eigenvalue weighted by atomic mass is 10.1. The van der Waals surface area contributed by atoms with Gasteiger partial charge in [-0.3, -0.25) is 0 Å². The van der Waals surface area contributed by atoms with E-state index < -0.39 is 0 Å². The summed E-state index contributed by atoms with van der Waals surface area (Å²) in [5.41, 5.74) is 3.33. The minimum atomic E-state index is 0.106. The summed E-state index contributed by atoms with van der Waals surface area (Å²) in [7, 11) is 1.60. The number of hydrogen-bond acceptors (Lipinski definition) is 3. The molecule has 3 rings (SSSR count). The smallest absolute Gasteiger partial charge is 0.171 e. The Labute approximate surface area is 171 Å². The summed E-state index contributed by atoms with van der Waals surface area (Å²) >= 11 is 11.6. The van der Waals surface area contributed by atoms with Gasteiger partial charge in [0.1, 0.15) is 5.75 Å². The van der Waals surface area contributed by atoms with Crippen molar-refractivity contribution in [1.29, 1.82) is 0 Å². The molecule has 1 saturated heterocycles. The van der Waals surface area contributed by atoms with Gasteiger partial charge in [-0.25, -0.2) is 0 Å². The topological polar surface area (TPSA) is 36.5 Å². The summed E-state index contributed by atoms with van der Waals surface area (Å²) in [6.07, 6.45) is 3.92. The van der Waals surface area contributed by atoms with Crippen molar-refractivity contribution in [3.05, 3.63) is 53.1 Å². The van der Waals surface area contributed by atoms with E-state index in [0.717, 1.165) is 18.8 Å². The van der Waals surface area contributed by atoms with Crippen LogP contribution in [0.15, 0.2) is 42.5 Å². The molecule has 144 valence electrons. The molecule has 0 amide bonds. The predicted octanol–water partition coefficient (Wildman–Crippen LogP) is 5.39. The molecular formula is C21H26ClN3OS. The zero-order chi connectivity index (χ0) is 19.2. The van der Waals surface area contributed by atoms with E-state index >= 15 is 0 Å². The van der Waals surface area contributed by atoms with E-state index in [1.165, 1.54) is 30.5 Å². The van der Waals surface area contributed by atoms with Crippen LogP contribution in [0.3, 0.4) is 0 Å². The summed E-state index contributed by atoms with van der Waals surface area (Å²) in [6, 6.07) is 14.4. The van der Waals surface area contributed by atoms with Crippen molar-refractivity contribution in [3.63, 3.8) is 0 Å². The Balaban J connectivity index is 1.56. The van der Waals surface area contributed by atoms with Crippen LogP contribution >= 0.6 is 23.8 Å². The predicted molar refractivity (Wildman–Crippen MR) is 118 cm³/mol. The number of hydrogen-bond donors (Lipinski definition) is 2. The Kier molecular flexibility index (Phi) is 6.80. The van der Waals surface area contributed by atoms with Crippen LogP contribution in [0.5, 0.6) is 5.75 Å². The fourth-order valence-corrected chi connectivity index (χ4v) is 3.87. The molecule has 2 aromatic rings. The number of benzene rings is 2. The molecule has 0 spiro atoms. The van der Waals surface area contributed by atoms with Crippen LogP contribution in [0.25, 0.3) is 0 Å². The van der Waals surface area contributed by atoms with E-state index in [1.54, 1.807) is 13.2 Å². The van der Waals surface area contributed by atoms with Crippen LogP contribution in [-0.2, 0) is 0 Å². The minimum absolute atomic E-state index is 0.106. The molecular weight excluding hydrogens is 378 g/mol. The molecule has 0 aliphatic carbocycles. The van der Waals surface area contributed by atoms with Gasteiger partial charge in [0.05, 0.1) is 18.2 Å². The largest absolute Gasteiger partial charge is 0.495 e. The van der Waals surface area contributed by atoms with Gasteiger partial charge < -0.3 is 20.3 Å². The normalized spacial score (nSPS) is 15.1. The molecule has 0 unspecified atom stereocenters. The zero-order valence-corrected chi connectivity index (χ0v) is 17.4. The molecule has 1 atom stereocenters. The highest BCUT2D eigenvalue weighted by Gasteiger charge is 2.12. The van der Waals surface area contributed by atoms with Crippen molar-refractivity contribution in [2.75, 3.05) is 30.4 Å². The van der Waals surface area contributed by atoms with Crippen molar-refractivity contribution in [3.8, 4) is 5.75 Å². The molecule has 1 aliphatic rings. The molecule has 27 heavy (non-hydrogen) atoms. The third-order valence-corrected chi connectivity index (χ3v) is 5.39. The lowest BCUT2D eigenvalue weighted by molar-refractivity contribution is 0.415. The number of halogens is 1. The van der Waals surface area contributed by atoms with Gasteiger partial charge in [-0.2, -0.15) is 0 Å². The monoisotopic (exact) mass is 403 g/mol. The van der Waals surface area contributed by atoms with Crippen LogP contribution < -0.4 is 20.3 Å². The van der Waals surface area contributed by atoms with Crippen molar-refractivity contribution < 1.29 is 4.74 Å². The molecule has 1 aliphatic heterocycles. The fourth-order valence-electron chi connectivity index (χ4n) is 3.32. The zero-order valence-electron chi connectivity index (χ0n) is 15.8.